The van der Waals surface area contributed by atoms with Crippen LogP contribution in [-0.2, 0) is 11.3 Å². The monoisotopic (exact) mass is 286 g/mol. The number of aromatic nitrogens is 2. The molecule has 2 N–H and O–H groups in total. The third kappa shape index (κ3) is 2.79. The first-order valence-corrected chi connectivity index (χ1v) is 7.15. The van der Waals surface area contributed by atoms with Crippen molar-refractivity contribution in [1.82, 2.24) is 14.7 Å². The van der Waals surface area contributed by atoms with Crippen molar-refractivity contribution in [2.24, 2.45) is 5.73 Å². The van der Waals surface area contributed by atoms with Gasteiger partial charge in [0.05, 0.1) is 36.2 Å². The molecule has 1 aliphatic rings. The zero-order chi connectivity index (χ0) is 14.0. The second-order valence-corrected chi connectivity index (χ2v) is 5.83. The van der Waals surface area contributed by atoms with Crippen molar-refractivity contribution in [2.75, 3.05) is 26.3 Å². The van der Waals surface area contributed by atoms with Crippen LogP contribution in [0.15, 0.2) is 6.20 Å². The highest BCUT2D eigenvalue weighted by Crippen LogP contribution is 2.33. The van der Waals surface area contributed by atoms with E-state index in [-0.39, 0.29) is 11.6 Å². The van der Waals surface area contributed by atoms with Crippen molar-refractivity contribution in [3.8, 4) is 0 Å². The maximum Gasteiger partial charge on any atom is 0.0834 e. The van der Waals surface area contributed by atoms with Gasteiger partial charge in [-0.3, -0.25) is 9.58 Å². The van der Waals surface area contributed by atoms with E-state index in [1.165, 1.54) is 0 Å². The van der Waals surface area contributed by atoms with E-state index in [1.54, 1.807) is 6.20 Å². The molecule has 1 aromatic heterocycles. The molecule has 0 amide bonds. The van der Waals surface area contributed by atoms with Crippen LogP contribution in [0.25, 0.3) is 0 Å². The van der Waals surface area contributed by atoms with Crippen LogP contribution in [0.3, 0.4) is 0 Å². The quantitative estimate of drug-likeness (QED) is 0.915. The van der Waals surface area contributed by atoms with Gasteiger partial charge in [0.15, 0.2) is 0 Å². The highest BCUT2D eigenvalue weighted by Gasteiger charge is 2.37. The van der Waals surface area contributed by atoms with Gasteiger partial charge in [0.1, 0.15) is 0 Å². The lowest BCUT2D eigenvalue weighted by molar-refractivity contribution is -0.0199. The van der Waals surface area contributed by atoms with Gasteiger partial charge in [-0.05, 0) is 20.8 Å². The SMILES string of the molecule is CCn1ncc(Cl)c1C(N)C(C)(C)N1CCOCC1. The number of hydrogen-bond acceptors (Lipinski definition) is 4. The summed E-state index contributed by atoms with van der Waals surface area (Å²) < 4.78 is 7.29. The summed E-state index contributed by atoms with van der Waals surface area (Å²) in [7, 11) is 0. The minimum atomic E-state index is -0.180. The number of hydrogen-bond donors (Lipinski definition) is 1. The first-order chi connectivity index (χ1) is 8.98. The predicted molar refractivity (Wildman–Crippen MR) is 76.3 cm³/mol. The minimum absolute atomic E-state index is 0.180. The number of nitrogens with zero attached hydrogens (tertiary/aromatic N) is 3. The van der Waals surface area contributed by atoms with Gasteiger partial charge in [0.25, 0.3) is 0 Å². The van der Waals surface area contributed by atoms with Crippen molar-refractivity contribution in [3.05, 3.63) is 16.9 Å². The van der Waals surface area contributed by atoms with Crippen LogP contribution >= 0.6 is 11.6 Å². The molecule has 2 rings (SSSR count). The average molecular weight is 287 g/mol. The van der Waals surface area contributed by atoms with Crippen LogP contribution in [0, 0.1) is 0 Å². The summed E-state index contributed by atoms with van der Waals surface area (Å²) >= 11 is 6.26. The van der Waals surface area contributed by atoms with Crippen molar-refractivity contribution in [1.29, 1.82) is 0 Å². The second kappa shape index (κ2) is 5.79. The molecule has 1 saturated heterocycles. The number of aryl methyl sites for hydroxylation is 1. The van der Waals surface area contributed by atoms with E-state index >= 15 is 0 Å². The number of nitrogens with two attached hydrogens (primary N) is 1. The maximum atomic E-state index is 6.50. The molecule has 6 heteroatoms. The molecular formula is C13H23ClN4O. The van der Waals surface area contributed by atoms with Gasteiger partial charge in [-0.15, -0.1) is 0 Å². The Morgan fingerprint density at radius 2 is 2.11 bits per heavy atom. The van der Waals surface area contributed by atoms with Crippen LogP contribution in [0.4, 0.5) is 0 Å². The van der Waals surface area contributed by atoms with Crippen molar-refractivity contribution in [3.63, 3.8) is 0 Å². The largest absolute Gasteiger partial charge is 0.379 e. The van der Waals surface area contributed by atoms with Gasteiger partial charge in [-0.1, -0.05) is 11.6 Å². The van der Waals surface area contributed by atoms with Crippen LogP contribution < -0.4 is 5.73 Å². The van der Waals surface area contributed by atoms with Crippen LogP contribution in [0.1, 0.15) is 32.5 Å². The molecule has 2 heterocycles. The summed E-state index contributed by atoms with van der Waals surface area (Å²) in [5, 5.41) is 4.92. The number of halogens is 1. The van der Waals surface area contributed by atoms with E-state index < -0.39 is 0 Å². The first kappa shape index (κ1) is 14.8. The zero-order valence-corrected chi connectivity index (χ0v) is 12.7. The summed E-state index contributed by atoms with van der Waals surface area (Å²) in [5.74, 6) is 0. The Kier molecular flexibility index (Phi) is 4.50. The average Bonchev–Trinajstić information content (AvgIpc) is 2.79. The first-order valence-electron chi connectivity index (χ1n) is 6.78. The fourth-order valence-corrected chi connectivity index (χ4v) is 2.86. The third-order valence-corrected chi connectivity index (χ3v) is 4.31. The standard InChI is InChI=1S/C13H23ClN4O/c1-4-18-11(10(14)9-16-18)12(15)13(2,3)17-5-7-19-8-6-17/h9,12H,4-8,15H2,1-3H3. The molecule has 1 fully saturated rings. The molecule has 1 aromatic rings. The molecule has 0 saturated carbocycles. The molecule has 0 spiro atoms. The Morgan fingerprint density at radius 1 is 1.47 bits per heavy atom. The molecule has 108 valence electrons. The lowest BCUT2D eigenvalue weighted by atomic mass is 9.90. The van der Waals surface area contributed by atoms with Gasteiger partial charge in [-0.2, -0.15) is 5.10 Å². The van der Waals surface area contributed by atoms with Crippen LogP contribution in [-0.4, -0.2) is 46.5 Å². The molecule has 19 heavy (non-hydrogen) atoms. The van der Waals surface area contributed by atoms with Crippen LogP contribution in [0.5, 0.6) is 0 Å². The summed E-state index contributed by atoms with van der Waals surface area (Å²) in [5.41, 5.74) is 7.23. The second-order valence-electron chi connectivity index (χ2n) is 5.42. The van der Waals surface area contributed by atoms with Crippen molar-refractivity contribution in [2.45, 2.75) is 38.9 Å². The Morgan fingerprint density at radius 3 is 2.68 bits per heavy atom. The highest BCUT2D eigenvalue weighted by atomic mass is 35.5. The lowest BCUT2D eigenvalue weighted by Crippen LogP contribution is -2.55. The Labute approximate surface area is 119 Å². The molecule has 1 unspecified atom stereocenters. The molecular weight excluding hydrogens is 264 g/mol. The lowest BCUT2D eigenvalue weighted by Gasteiger charge is -2.44. The minimum Gasteiger partial charge on any atom is -0.379 e. The fraction of sp³-hybridized carbons (Fsp3) is 0.769. The normalized spacial score (nSPS) is 19.6. The van der Waals surface area contributed by atoms with Gasteiger partial charge < -0.3 is 10.5 Å². The van der Waals surface area contributed by atoms with E-state index in [0.29, 0.717) is 5.02 Å². The molecule has 0 bridgehead atoms. The topological polar surface area (TPSA) is 56.3 Å². The van der Waals surface area contributed by atoms with Crippen LogP contribution in [0.2, 0.25) is 5.02 Å². The van der Waals surface area contributed by atoms with Crippen molar-refractivity contribution >= 4 is 11.6 Å². The fourth-order valence-electron chi connectivity index (χ4n) is 2.60. The Hall–Kier alpha value is -0.620. The summed E-state index contributed by atoms with van der Waals surface area (Å²) in [4.78, 5) is 2.37. The summed E-state index contributed by atoms with van der Waals surface area (Å²) in [6.45, 7) is 10.5. The predicted octanol–water partition coefficient (Wildman–Crippen LogP) is 1.67. The van der Waals surface area contributed by atoms with E-state index in [4.69, 9.17) is 22.1 Å². The molecule has 0 aromatic carbocycles. The van der Waals surface area contributed by atoms with Gasteiger partial charge in [-0.25, -0.2) is 0 Å². The van der Waals surface area contributed by atoms with Gasteiger partial charge in [0.2, 0.25) is 0 Å². The number of rotatable bonds is 4. The van der Waals surface area contributed by atoms with Gasteiger partial charge >= 0.3 is 0 Å². The van der Waals surface area contributed by atoms with Crippen molar-refractivity contribution < 1.29 is 4.74 Å². The Balaban J connectivity index is 2.25. The molecule has 1 aliphatic heterocycles. The molecule has 0 aliphatic carbocycles. The number of ether oxygens (including phenoxy) is 1. The van der Waals surface area contributed by atoms with E-state index in [0.717, 1.165) is 38.5 Å². The summed E-state index contributed by atoms with van der Waals surface area (Å²) in [6.07, 6.45) is 1.68. The van der Waals surface area contributed by atoms with E-state index in [9.17, 15) is 0 Å². The van der Waals surface area contributed by atoms with E-state index in [2.05, 4.69) is 23.8 Å². The van der Waals surface area contributed by atoms with Gasteiger partial charge in [0, 0.05) is 25.2 Å². The molecule has 5 nitrogen and oxygen atoms in total. The third-order valence-electron chi connectivity index (χ3n) is 4.01. The highest BCUT2D eigenvalue weighted by molar-refractivity contribution is 6.31. The molecule has 0 radical (unpaired) electrons. The zero-order valence-electron chi connectivity index (χ0n) is 11.9. The van der Waals surface area contributed by atoms with E-state index in [1.807, 2.05) is 11.6 Å². The smallest absolute Gasteiger partial charge is 0.0834 e. The molecule has 1 atom stereocenters. The maximum absolute atomic E-state index is 6.50. The Bertz CT molecular complexity index is 426. The number of morpholine rings is 1. The summed E-state index contributed by atoms with van der Waals surface area (Å²) in [6, 6.07) is -0.180.